The first-order chi connectivity index (χ1) is 7.61. The van der Waals surface area contributed by atoms with Gasteiger partial charge in [-0.25, -0.2) is 0 Å². The molecule has 0 aliphatic heterocycles. The summed E-state index contributed by atoms with van der Waals surface area (Å²) in [5.41, 5.74) is 6.38. The molecule has 0 aromatic carbocycles. The van der Waals surface area contributed by atoms with Gasteiger partial charge in [0.05, 0.1) is 5.02 Å². The average molecular weight is 261 g/mol. The second-order valence-electron chi connectivity index (χ2n) is 3.25. The summed E-state index contributed by atoms with van der Waals surface area (Å²) in [6, 6.07) is 1.08. The number of nitrogens with zero attached hydrogens (tertiary/aromatic N) is 1. The SMILES string of the molecule is NC(CCSCc1ccncc1Cl)C(=O)O. The van der Waals surface area contributed by atoms with Gasteiger partial charge in [0.15, 0.2) is 0 Å². The molecule has 1 aromatic rings. The molecular formula is C10H13ClN2O2S. The van der Waals surface area contributed by atoms with Crippen LogP contribution in [0.3, 0.4) is 0 Å². The molecule has 1 unspecified atom stereocenters. The molecule has 0 saturated carbocycles. The van der Waals surface area contributed by atoms with E-state index in [1.807, 2.05) is 6.07 Å². The highest BCUT2D eigenvalue weighted by molar-refractivity contribution is 7.98. The number of carboxylic acids is 1. The van der Waals surface area contributed by atoms with E-state index in [0.717, 1.165) is 11.3 Å². The van der Waals surface area contributed by atoms with Gasteiger partial charge in [-0.3, -0.25) is 9.78 Å². The zero-order valence-electron chi connectivity index (χ0n) is 8.60. The summed E-state index contributed by atoms with van der Waals surface area (Å²) in [5, 5.41) is 9.22. The number of aliphatic carboxylic acids is 1. The van der Waals surface area contributed by atoms with E-state index in [2.05, 4.69) is 4.98 Å². The highest BCUT2D eigenvalue weighted by Crippen LogP contribution is 2.20. The van der Waals surface area contributed by atoms with Crippen LogP contribution in [0.5, 0.6) is 0 Å². The summed E-state index contributed by atoms with van der Waals surface area (Å²) in [6.45, 7) is 0. The molecule has 1 heterocycles. The van der Waals surface area contributed by atoms with Crippen molar-refractivity contribution in [2.45, 2.75) is 18.2 Å². The number of hydrogen-bond donors (Lipinski definition) is 2. The number of nitrogens with two attached hydrogens (primary N) is 1. The molecule has 1 atom stereocenters. The van der Waals surface area contributed by atoms with Crippen molar-refractivity contribution in [1.82, 2.24) is 4.98 Å². The van der Waals surface area contributed by atoms with Gasteiger partial charge in [0.25, 0.3) is 0 Å². The molecule has 0 fully saturated rings. The number of aromatic nitrogens is 1. The second-order valence-corrected chi connectivity index (χ2v) is 4.77. The van der Waals surface area contributed by atoms with Gasteiger partial charge in [-0.05, 0) is 23.8 Å². The van der Waals surface area contributed by atoms with Crippen LogP contribution < -0.4 is 5.73 Å². The lowest BCUT2D eigenvalue weighted by molar-refractivity contribution is -0.138. The van der Waals surface area contributed by atoms with E-state index < -0.39 is 12.0 Å². The Bertz CT molecular complexity index is 362. The minimum absolute atomic E-state index is 0.461. The lowest BCUT2D eigenvalue weighted by Crippen LogP contribution is -2.30. The molecule has 6 heteroatoms. The molecule has 1 rings (SSSR count). The largest absolute Gasteiger partial charge is 0.480 e. The van der Waals surface area contributed by atoms with Crippen LogP contribution in [0.25, 0.3) is 0 Å². The Morgan fingerprint density at radius 1 is 1.69 bits per heavy atom. The molecule has 0 bridgehead atoms. The van der Waals surface area contributed by atoms with E-state index in [4.69, 9.17) is 22.4 Å². The van der Waals surface area contributed by atoms with Crippen LogP contribution in [0.4, 0.5) is 0 Å². The van der Waals surface area contributed by atoms with Gasteiger partial charge < -0.3 is 10.8 Å². The van der Waals surface area contributed by atoms with E-state index in [-0.39, 0.29) is 0 Å². The third-order valence-electron chi connectivity index (χ3n) is 2.00. The number of pyridine rings is 1. The van der Waals surface area contributed by atoms with Crippen molar-refractivity contribution in [3.63, 3.8) is 0 Å². The van der Waals surface area contributed by atoms with E-state index >= 15 is 0 Å². The Morgan fingerprint density at radius 2 is 2.44 bits per heavy atom. The normalized spacial score (nSPS) is 12.4. The quantitative estimate of drug-likeness (QED) is 0.763. The van der Waals surface area contributed by atoms with Crippen molar-refractivity contribution in [1.29, 1.82) is 0 Å². The lowest BCUT2D eigenvalue weighted by Gasteiger charge is -2.06. The lowest BCUT2D eigenvalue weighted by atomic mass is 10.2. The molecule has 0 aliphatic carbocycles. The molecule has 0 spiro atoms. The number of halogens is 1. The third kappa shape index (κ3) is 4.38. The average Bonchev–Trinajstić information content (AvgIpc) is 2.26. The summed E-state index contributed by atoms with van der Waals surface area (Å²) in [6.07, 6.45) is 3.74. The Morgan fingerprint density at radius 3 is 3.06 bits per heavy atom. The number of thioether (sulfide) groups is 1. The predicted molar refractivity (Wildman–Crippen MR) is 65.6 cm³/mol. The van der Waals surface area contributed by atoms with Crippen molar-refractivity contribution < 1.29 is 9.90 Å². The molecule has 0 amide bonds. The van der Waals surface area contributed by atoms with Crippen LogP contribution in [-0.4, -0.2) is 27.9 Å². The fourth-order valence-electron chi connectivity index (χ4n) is 1.04. The maximum atomic E-state index is 10.5. The fraction of sp³-hybridized carbons (Fsp3) is 0.400. The summed E-state index contributed by atoms with van der Waals surface area (Å²) in [7, 11) is 0. The molecule has 88 valence electrons. The summed E-state index contributed by atoms with van der Waals surface area (Å²) in [5.74, 6) is 0.488. The van der Waals surface area contributed by atoms with Crippen molar-refractivity contribution >= 4 is 29.3 Å². The molecule has 0 radical (unpaired) electrons. The van der Waals surface area contributed by atoms with Crippen molar-refractivity contribution in [2.24, 2.45) is 5.73 Å². The first-order valence-corrected chi connectivity index (χ1v) is 6.29. The predicted octanol–water partition coefficient (Wildman–Crippen LogP) is 1.77. The number of carbonyl (C=O) groups is 1. The minimum atomic E-state index is -0.956. The van der Waals surface area contributed by atoms with Crippen LogP contribution in [-0.2, 0) is 10.5 Å². The number of rotatable bonds is 6. The van der Waals surface area contributed by atoms with Gasteiger partial charge in [0.2, 0.25) is 0 Å². The maximum Gasteiger partial charge on any atom is 0.320 e. The Kier molecular flexibility index (Phi) is 5.59. The zero-order valence-corrected chi connectivity index (χ0v) is 10.2. The Hall–Kier alpha value is -0.780. The van der Waals surface area contributed by atoms with Crippen LogP contribution in [0, 0.1) is 0 Å². The van der Waals surface area contributed by atoms with Crippen molar-refractivity contribution in [3.8, 4) is 0 Å². The summed E-state index contributed by atoms with van der Waals surface area (Å²) < 4.78 is 0. The Labute approximate surface area is 103 Å². The van der Waals surface area contributed by atoms with Crippen molar-refractivity contribution in [3.05, 3.63) is 29.0 Å². The monoisotopic (exact) mass is 260 g/mol. The highest BCUT2D eigenvalue weighted by Gasteiger charge is 2.10. The summed E-state index contributed by atoms with van der Waals surface area (Å²) in [4.78, 5) is 14.3. The molecule has 0 aliphatic rings. The topological polar surface area (TPSA) is 76.2 Å². The van der Waals surface area contributed by atoms with Crippen molar-refractivity contribution in [2.75, 3.05) is 5.75 Å². The smallest absolute Gasteiger partial charge is 0.320 e. The molecule has 1 aromatic heterocycles. The first-order valence-electron chi connectivity index (χ1n) is 4.75. The standard InChI is InChI=1S/C10H13ClN2O2S/c11-8-5-13-3-1-7(8)6-16-4-2-9(12)10(14)15/h1,3,5,9H,2,4,6,12H2,(H,14,15). The molecule has 4 nitrogen and oxygen atoms in total. The van der Waals surface area contributed by atoms with E-state index in [0.29, 0.717) is 17.2 Å². The fourth-order valence-corrected chi connectivity index (χ4v) is 2.34. The van der Waals surface area contributed by atoms with E-state index in [1.54, 1.807) is 24.2 Å². The van der Waals surface area contributed by atoms with Gasteiger partial charge in [-0.1, -0.05) is 11.6 Å². The molecule has 16 heavy (non-hydrogen) atoms. The number of hydrogen-bond acceptors (Lipinski definition) is 4. The van der Waals surface area contributed by atoms with Gasteiger partial charge in [0, 0.05) is 18.1 Å². The molecule has 0 saturated heterocycles. The zero-order chi connectivity index (χ0) is 12.0. The van der Waals surface area contributed by atoms with E-state index in [9.17, 15) is 4.79 Å². The van der Waals surface area contributed by atoms with Gasteiger partial charge in [-0.2, -0.15) is 11.8 Å². The maximum absolute atomic E-state index is 10.5. The van der Waals surface area contributed by atoms with Gasteiger partial charge >= 0.3 is 5.97 Å². The minimum Gasteiger partial charge on any atom is -0.480 e. The van der Waals surface area contributed by atoms with Crippen LogP contribution in [0.2, 0.25) is 5.02 Å². The van der Waals surface area contributed by atoms with Crippen LogP contribution in [0.15, 0.2) is 18.5 Å². The Balaban J connectivity index is 2.26. The van der Waals surface area contributed by atoms with Crippen LogP contribution >= 0.6 is 23.4 Å². The third-order valence-corrected chi connectivity index (χ3v) is 3.38. The molecular weight excluding hydrogens is 248 g/mol. The van der Waals surface area contributed by atoms with Crippen LogP contribution in [0.1, 0.15) is 12.0 Å². The van der Waals surface area contributed by atoms with E-state index in [1.165, 1.54) is 0 Å². The summed E-state index contributed by atoms with van der Waals surface area (Å²) >= 11 is 7.53. The second kappa shape index (κ2) is 6.73. The highest BCUT2D eigenvalue weighted by atomic mass is 35.5. The van der Waals surface area contributed by atoms with Gasteiger partial charge in [0.1, 0.15) is 6.04 Å². The van der Waals surface area contributed by atoms with Gasteiger partial charge in [-0.15, -0.1) is 0 Å². The number of carboxylic acid groups (broad SMARTS) is 1. The molecule has 3 N–H and O–H groups in total. The first kappa shape index (κ1) is 13.3.